The largest absolute Gasteiger partial charge is 0.507 e. The first-order chi connectivity index (χ1) is 11.3. The number of furan rings is 1. The first-order valence-corrected chi connectivity index (χ1v) is 7.49. The minimum Gasteiger partial charge on any atom is -0.507 e. The van der Waals surface area contributed by atoms with Crippen LogP contribution in [0.1, 0.15) is 38.1 Å². The fraction of sp³-hybridized carbons (Fsp3) is 0.353. The van der Waals surface area contributed by atoms with Gasteiger partial charge in [0.15, 0.2) is 11.5 Å². The SMILES string of the molecule is CC(C)(C)OC(=O)NC(c1ccco1)c1cc2c(cc1O)OCO2. The fourth-order valence-corrected chi connectivity index (χ4v) is 2.36. The van der Waals surface area contributed by atoms with E-state index in [1.54, 1.807) is 39.0 Å². The number of carbonyl (C=O) groups is 1. The normalized spacial score (nSPS) is 14.3. The van der Waals surface area contributed by atoms with Crippen LogP contribution in [0.25, 0.3) is 0 Å². The predicted octanol–water partition coefficient (Wildman–Crippen LogP) is 3.33. The summed E-state index contributed by atoms with van der Waals surface area (Å²) in [6.07, 6.45) is 0.865. The molecule has 2 aromatic rings. The van der Waals surface area contributed by atoms with E-state index in [-0.39, 0.29) is 12.5 Å². The summed E-state index contributed by atoms with van der Waals surface area (Å²) in [5, 5.41) is 13.0. The topological polar surface area (TPSA) is 90.2 Å². The summed E-state index contributed by atoms with van der Waals surface area (Å²) < 4.78 is 21.3. The number of fused-ring (bicyclic) bond motifs is 1. The van der Waals surface area contributed by atoms with Crippen molar-refractivity contribution in [1.82, 2.24) is 5.32 Å². The number of benzene rings is 1. The molecule has 1 aliphatic rings. The van der Waals surface area contributed by atoms with Crippen LogP contribution in [0.15, 0.2) is 34.9 Å². The van der Waals surface area contributed by atoms with Crippen LogP contribution in [-0.4, -0.2) is 23.6 Å². The van der Waals surface area contributed by atoms with Crippen molar-refractivity contribution in [3.63, 3.8) is 0 Å². The Balaban J connectivity index is 1.93. The van der Waals surface area contributed by atoms with Gasteiger partial charge in [-0.25, -0.2) is 4.79 Å². The van der Waals surface area contributed by atoms with Crippen LogP contribution in [0.5, 0.6) is 17.2 Å². The molecule has 1 unspecified atom stereocenters. The van der Waals surface area contributed by atoms with Crippen LogP contribution in [0.2, 0.25) is 0 Å². The number of carbonyl (C=O) groups excluding carboxylic acids is 1. The van der Waals surface area contributed by atoms with Gasteiger partial charge in [-0.05, 0) is 39.0 Å². The molecule has 1 aromatic heterocycles. The van der Waals surface area contributed by atoms with Crippen LogP contribution >= 0.6 is 0 Å². The third kappa shape index (κ3) is 3.40. The third-order valence-corrected chi connectivity index (χ3v) is 3.32. The van der Waals surface area contributed by atoms with Crippen molar-refractivity contribution in [2.45, 2.75) is 32.4 Å². The fourth-order valence-electron chi connectivity index (χ4n) is 2.36. The number of hydrogen-bond donors (Lipinski definition) is 2. The zero-order chi connectivity index (χ0) is 17.3. The number of nitrogens with one attached hydrogen (secondary N) is 1. The summed E-state index contributed by atoms with van der Waals surface area (Å²) in [5.74, 6) is 1.35. The van der Waals surface area contributed by atoms with Crippen molar-refractivity contribution in [2.75, 3.05) is 6.79 Å². The average Bonchev–Trinajstić information content (AvgIpc) is 3.13. The van der Waals surface area contributed by atoms with Gasteiger partial charge in [0.05, 0.1) is 6.26 Å². The van der Waals surface area contributed by atoms with Crippen molar-refractivity contribution in [3.05, 3.63) is 41.9 Å². The average molecular weight is 333 g/mol. The Hall–Kier alpha value is -2.83. The molecule has 0 saturated carbocycles. The maximum absolute atomic E-state index is 12.2. The molecule has 0 radical (unpaired) electrons. The number of phenolic OH excluding ortho intramolecular Hbond substituents is 1. The van der Waals surface area contributed by atoms with Gasteiger partial charge in [0.25, 0.3) is 0 Å². The highest BCUT2D eigenvalue weighted by Crippen LogP contribution is 2.41. The van der Waals surface area contributed by atoms with E-state index < -0.39 is 17.7 Å². The molecule has 2 N–H and O–H groups in total. The first kappa shape index (κ1) is 16.0. The molecule has 1 aliphatic heterocycles. The second-order valence-electron chi connectivity index (χ2n) is 6.36. The molecular formula is C17H19NO6. The van der Waals surface area contributed by atoms with Crippen LogP contribution < -0.4 is 14.8 Å². The van der Waals surface area contributed by atoms with Gasteiger partial charge in [0.1, 0.15) is 23.2 Å². The number of rotatable bonds is 3. The van der Waals surface area contributed by atoms with Crippen molar-refractivity contribution in [1.29, 1.82) is 0 Å². The first-order valence-electron chi connectivity index (χ1n) is 7.49. The highest BCUT2D eigenvalue weighted by Gasteiger charge is 2.28. The summed E-state index contributed by atoms with van der Waals surface area (Å²) in [6, 6.07) is 5.73. The van der Waals surface area contributed by atoms with E-state index in [2.05, 4.69) is 5.32 Å². The summed E-state index contributed by atoms with van der Waals surface area (Å²) >= 11 is 0. The van der Waals surface area contributed by atoms with Crippen LogP contribution in [-0.2, 0) is 4.74 Å². The molecule has 128 valence electrons. The maximum Gasteiger partial charge on any atom is 0.408 e. The second-order valence-corrected chi connectivity index (χ2v) is 6.36. The summed E-state index contributed by atoms with van der Waals surface area (Å²) in [6.45, 7) is 5.40. The molecule has 3 rings (SSSR count). The summed E-state index contributed by atoms with van der Waals surface area (Å²) in [4.78, 5) is 12.2. The van der Waals surface area contributed by atoms with Gasteiger partial charge in [0.2, 0.25) is 6.79 Å². The molecule has 24 heavy (non-hydrogen) atoms. The smallest absolute Gasteiger partial charge is 0.408 e. The number of phenols is 1. The van der Waals surface area contributed by atoms with Crippen LogP contribution in [0.3, 0.4) is 0 Å². The Morgan fingerprint density at radius 2 is 2.00 bits per heavy atom. The van der Waals surface area contributed by atoms with E-state index in [1.807, 2.05) is 0 Å². The molecule has 1 aromatic carbocycles. The molecule has 0 saturated heterocycles. The highest BCUT2D eigenvalue weighted by atomic mass is 16.7. The molecule has 7 nitrogen and oxygen atoms in total. The van der Waals surface area contributed by atoms with Crippen molar-refractivity contribution < 1.29 is 28.5 Å². The predicted molar refractivity (Wildman–Crippen MR) is 84.2 cm³/mol. The molecule has 0 aliphatic carbocycles. The molecule has 1 atom stereocenters. The molecule has 7 heteroatoms. The quantitative estimate of drug-likeness (QED) is 0.895. The van der Waals surface area contributed by atoms with Gasteiger partial charge < -0.3 is 29.1 Å². The zero-order valence-electron chi connectivity index (χ0n) is 13.7. The van der Waals surface area contributed by atoms with Crippen molar-refractivity contribution in [2.24, 2.45) is 0 Å². The lowest BCUT2D eigenvalue weighted by atomic mass is 10.0. The van der Waals surface area contributed by atoms with Gasteiger partial charge in [-0.15, -0.1) is 0 Å². The Morgan fingerprint density at radius 1 is 1.29 bits per heavy atom. The lowest BCUT2D eigenvalue weighted by Gasteiger charge is -2.23. The Labute approximate surface area is 139 Å². The van der Waals surface area contributed by atoms with Gasteiger partial charge in [-0.1, -0.05) is 0 Å². The molecule has 1 amide bonds. The van der Waals surface area contributed by atoms with Gasteiger partial charge in [0, 0.05) is 11.6 Å². The van der Waals surface area contributed by atoms with Crippen molar-refractivity contribution >= 4 is 6.09 Å². The third-order valence-electron chi connectivity index (χ3n) is 3.32. The van der Waals surface area contributed by atoms with Crippen LogP contribution in [0.4, 0.5) is 4.79 Å². The maximum atomic E-state index is 12.2. The Bertz CT molecular complexity index is 732. The minimum absolute atomic E-state index is 0.0447. The van der Waals surface area contributed by atoms with E-state index in [0.717, 1.165) is 0 Å². The number of aromatic hydroxyl groups is 1. The minimum atomic E-state index is -0.732. The molecule has 0 spiro atoms. The van der Waals surface area contributed by atoms with E-state index in [1.165, 1.54) is 12.3 Å². The standard InChI is InChI=1S/C17H19NO6/c1-17(2,3)24-16(20)18-15(12-5-4-6-21-12)10-7-13-14(8-11(10)19)23-9-22-13/h4-8,15,19H,9H2,1-3H3,(H,18,20). The van der Waals surface area contributed by atoms with Gasteiger partial charge in [-0.2, -0.15) is 0 Å². The monoisotopic (exact) mass is 333 g/mol. The number of ether oxygens (including phenoxy) is 3. The highest BCUT2D eigenvalue weighted by molar-refractivity contribution is 5.69. The Kier molecular flexibility index (Phi) is 4.01. The zero-order valence-corrected chi connectivity index (χ0v) is 13.7. The summed E-state index contributed by atoms with van der Waals surface area (Å²) in [5.41, 5.74) is -0.227. The van der Waals surface area contributed by atoms with E-state index in [0.29, 0.717) is 22.8 Å². The molecule has 0 bridgehead atoms. The van der Waals surface area contributed by atoms with Gasteiger partial charge in [-0.3, -0.25) is 0 Å². The second kappa shape index (κ2) is 5.99. The molecule has 2 heterocycles. The lowest BCUT2D eigenvalue weighted by Crippen LogP contribution is -2.35. The van der Waals surface area contributed by atoms with Crippen LogP contribution in [0, 0.1) is 0 Å². The lowest BCUT2D eigenvalue weighted by molar-refractivity contribution is 0.0507. The summed E-state index contributed by atoms with van der Waals surface area (Å²) in [7, 11) is 0. The van der Waals surface area contributed by atoms with Crippen molar-refractivity contribution in [3.8, 4) is 17.2 Å². The molecular weight excluding hydrogens is 314 g/mol. The van der Waals surface area contributed by atoms with Gasteiger partial charge >= 0.3 is 6.09 Å². The Morgan fingerprint density at radius 3 is 2.62 bits per heavy atom. The number of alkyl carbamates (subject to hydrolysis) is 1. The number of hydrogen-bond acceptors (Lipinski definition) is 6. The van der Waals surface area contributed by atoms with E-state index >= 15 is 0 Å². The van der Waals surface area contributed by atoms with E-state index in [4.69, 9.17) is 18.6 Å². The number of amides is 1. The molecule has 0 fully saturated rings. The van der Waals surface area contributed by atoms with E-state index in [9.17, 15) is 9.90 Å².